The van der Waals surface area contributed by atoms with Crippen molar-refractivity contribution in [2.45, 2.75) is 32.5 Å². The van der Waals surface area contributed by atoms with Crippen LogP contribution in [0.3, 0.4) is 0 Å². The van der Waals surface area contributed by atoms with E-state index in [0.29, 0.717) is 5.69 Å². The molecule has 1 saturated heterocycles. The highest BCUT2D eigenvalue weighted by Crippen LogP contribution is 2.20. The van der Waals surface area contributed by atoms with Crippen LogP contribution in [0.1, 0.15) is 34.6 Å². The van der Waals surface area contributed by atoms with Crippen LogP contribution in [-0.2, 0) is 19.6 Å². The predicted molar refractivity (Wildman–Crippen MR) is 93.3 cm³/mol. The standard InChI is InChI=1S/C18H20N6O2/c25-18(23-5-1-2-6-23)17-10-14-12-22(7-8-24(14)19-17)11-13-3-4-15-16(9-13)21-26-20-15/h3-4,9-10H,1-2,5-8,11-12H2. The second kappa shape index (κ2) is 6.21. The van der Waals surface area contributed by atoms with Crippen molar-refractivity contribution in [3.8, 4) is 0 Å². The molecule has 1 aromatic carbocycles. The van der Waals surface area contributed by atoms with Crippen LogP contribution in [0.4, 0.5) is 0 Å². The van der Waals surface area contributed by atoms with Crippen LogP contribution in [0.2, 0.25) is 0 Å². The van der Waals surface area contributed by atoms with E-state index in [1.54, 1.807) is 0 Å². The van der Waals surface area contributed by atoms with Gasteiger partial charge in [0.05, 0.1) is 12.2 Å². The zero-order chi connectivity index (χ0) is 17.5. The molecule has 8 nitrogen and oxygen atoms in total. The van der Waals surface area contributed by atoms with Gasteiger partial charge in [-0.2, -0.15) is 5.10 Å². The molecule has 1 fully saturated rings. The lowest BCUT2D eigenvalue weighted by molar-refractivity contribution is 0.0786. The number of aromatic nitrogens is 4. The van der Waals surface area contributed by atoms with Crippen LogP contribution in [0.15, 0.2) is 28.9 Å². The molecule has 2 aliphatic rings. The maximum atomic E-state index is 12.6. The minimum atomic E-state index is 0.0694. The normalized spacial score (nSPS) is 17.8. The van der Waals surface area contributed by atoms with Crippen molar-refractivity contribution < 1.29 is 9.42 Å². The summed E-state index contributed by atoms with van der Waals surface area (Å²) in [6.07, 6.45) is 2.19. The highest BCUT2D eigenvalue weighted by molar-refractivity contribution is 5.92. The first-order valence-electron chi connectivity index (χ1n) is 9.06. The Hall–Kier alpha value is -2.74. The highest BCUT2D eigenvalue weighted by atomic mass is 16.6. The molecule has 0 unspecified atom stereocenters. The van der Waals surface area contributed by atoms with Crippen LogP contribution in [0.5, 0.6) is 0 Å². The van der Waals surface area contributed by atoms with Gasteiger partial charge < -0.3 is 4.90 Å². The third-order valence-electron chi connectivity index (χ3n) is 5.21. The van der Waals surface area contributed by atoms with E-state index in [0.717, 1.165) is 68.8 Å². The van der Waals surface area contributed by atoms with Gasteiger partial charge in [-0.3, -0.25) is 14.4 Å². The third-order valence-corrected chi connectivity index (χ3v) is 5.21. The summed E-state index contributed by atoms with van der Waals surface area (Å²) in [6, 6.07) is 7.96. The van der Waals surface area contributed by atoms with E-state index in [-0.39, 0.29) is 5.91 Å². The summed E-state index contributed by atoms with van der Waals surface area (Å²) >= 11 is 0. The molecule has 8 heteroatoms. The van der Waals surface area contributed by atoms with Crippen LogP contribution < -0.4 is 0 Å². The molecule has 4 heterocycles. The molecule has 0 saturated carbocycles. The Morgan fingerprint density at radius 1 is 1.04 bits per heavy atom. The van der Waals surface area contributed by atoms with Crippen molar-refractivity contribution in [1.82, 2.24) is 29.9 Å². The fraction of sp³-hybridized carbons (Fsp3) is 0.444. The maximum Gasteiger partial charge on any atom is 0.274 e. The van der Waals surface area contributed by atoms with Crippen LogP contribution in [0.25, 0.3) is 11.0 Å². The molecule has 3 aromatic rings. The smallest absolute Gasteiger partial charge is 0.274 e. The van der Waals surface area contributed by atoms with Crippen LogP contribution in [0, 0.1) is 0 Å². The van der Waals surface area contributed by atoms with Gasteiger partial charge in [-0.15, -0.1) is 0 Å². The lowest BCUT2D eigenvalue weighted by Gasteiger charge is -2.27. The van der Waals surface area contributed by atoms with Crippen molar-refractivity contribution in [2.75, 3.05) is 19.6 Å². The molecule has 0 aliphatic carbocycles. The molecule has 1 amide bonds. The Morgan fingerprint density at radius 3 is 2.77 bits per heavy atom. The van der Waals surface area contributed by atoms with Gasteiger partial charge >= 0.3 is 0 Å². The summed E-state index contributed by atoms with van der Waals surface area (Å²) in [5.74, 6) is 0.0694. The largest absolute Gasteiger partial charge is 0.337 e. The zero-order valence-corrected chi connectivity index (χ0v) is 14.5. The molecule has 134 valence electrons. The van der Waals surface area contributed by atoms with E-state index in [1.165, 1.54) is 5.56 Å². The molecule has 0 atom stereocenters. The maximum absolute atomic E-state index is 12.6. The van der Waals surface area contributed by atoms with Crippen molar-refractivity contribution in [3.05, 3.63) is 41.2 Å². The van der Waals surface area contributed by atoms with Gasteiger partial charge in [0.1, 0.15) is 11.0 Å². The summed E-state index contributed by atoms with van der Waals surface area (Å²) in [4.78, 5) is 16.8. The predicted octanol–water partition coefficient (Wildman–Crippen LogP) is 1.67. The van der Waals surface area contributed by atoms with Gasteiger partial charge in [0.25, 0.3) is 5.91 Å². The Kier molecular flexibility index (Phi) is 3.70. The van der Waals surface area contributed by atoms with E-state index in [9.17, 15) is 4.79 Å². The number of fused-ring (bicyclic) bond motifs is 2. The van der Waals surface area contributed by atoms with Crippen molar-refractivity contribution in [2.24, 2.45) is 0 Å². The average Bonchev–Trinajstić information content (AvgIpc) is 3.40. The Labute approximate surface area is 150 Å². The van der Waals surface area contributed by atoms with Gasteiger partial charge in [-0.25, -0.2) is 4.63 Å². The SMILES string of the molecule is O=C(c1cc2n(n1)CCN(Cc1ccc3nonc3c1)C2)N1CCCC1. The minimum Gasteiger partial charge on any atom is -0.337 e. The number of rotatable bonds is 3. The number of amides is 1. The number of hydrogen-bond donors (Lipinski definition) is 0. The van der Waals surface area contributed by atoms with Gasteiger partial charge in [0, 0.05) is 32.7 Å². The monoisotopic (exact) mass is 352 g/mol. The summed E-state index contributed by atoms with van der Waals surface area (Å²) in [6.45, 7) is 5.02. The Balaban J connectivity index is 1.30. The number of carbonyl (C=O) groups is 1. The van der Waals surface area contributed by atoms with Gasteiger partial charge in [0.2, 0.25) is 0 Å². The number of carbonyl (C=O) groups excluding carboxylic acids is 1. The Bertz CT molecular complexity index is 956. The van der Waals surface area contributed by atoms with Crippen LogP contribution in [-0.4, -0.2) is 55.4 Å². The van der Waals surface area contributed by atoms with Gasteiger partial charge in [-0.1, -0.05) is 6.07 Å². The molecule has 0 spiro atoms. The van der Waals surface area contributed by atoms with E-state index in [2.05, 4.69) is 26.4 Å². The summed E-state index contributed by atoms with van der Waals surface area (Å²) in [5, 5.41) is 12.3. The lowest BCUT2D eigenvalue weighted by Crippen LogP contribution is -2.33. The molecule has 2 aliphatic heterocycles. The number of hydrogen-bond acceptors (Lipinski definition) is 6. The summed E-state index contributed by atoms with van der Waals surface area (Å²) < 4.78 is 6.74. The molecule has 5 rings (SSSR count). The minimum absolute atomic E-state index is 0.0694. The van der Waals surface area contributed by atoms with Crippen molar-refractivity contribution >= 4 is 16.9 Å². The first kappa shape index (κ1) is 15.5. The van der Waals surface area contributed by atoms with E-state index < -0.39 is 0 Å². The molecule has 0 N–H and O–H groups in total. The fourth-order valence-electron chi connectivity index (χ4n) is 3.83. The van der Waals surface area contributed by atoms with E-state index in [4.69, 9.17) is 4.63 Å². The second-order valence-electron chi connectivity index (χ2n) is 7.04. The van der Waals surface area contributed by atoms with Gasteiger partial charge in [0.15, 0.2) is 5.69 Å². The first-order chi connectivity index (χ1) is 12.8. The lowest BCUT2D eigenvalue weighted by atomic mass is 10.1. The van der Waals surface area contributed by atoms with E-state index >= 15 is 0 Å². The molecular formula is C18H20N6O2. The molecule has 2 aromatic heterocycles. The number of nitrogens with zero attached hydrogens (tertiary/aromatic N) is 6. The first-order valence-corrected chi connectivity index (χ1v) is 9.06. The summed E-state index contributed by atoms with van der Waals surface area (Å²) in [7, 11) is 0. The highest BCUT2D eigenvalue weighted by Gasteiger charge is 2.25. The molecule has 26 heavy (non-hydrogen) atoms. The number of likely N-dealkylation sites (tertiary alicyclic amines) is 1. The van der Waals surface area contributed by atoms with Crippen LogP contribution >= 0.6 is 0 Å². The van der Waals surface area contributed by atoms with Crippen molar-refractivity contribution in [3.63, 3.8) is 0 Å². The third kappa shape index (κ3) is 2.76. The quantitative estimate of drug-likeness (QED) is 0.713. The second-order valence-corrected chi connectivity index (χ2v) is 7.04. The Morgan fingerprint density at radius 2 is 1.88 bits per heavy atom. The fourth-order valence-corrected chi connectivity index (χ4v) is 3.83. The average molecular weight is 352 g/mol. The number of benzene rings is 1. The van der Waals surface area contributed by atoms with Gasteiger partial charge in [-0.05, 0) is 46.9 Å². The van der Waals surface area contributed by atoms with E-state index in [1.807, 2.05) is 27.8 Å². The summed E-state index contributed by atoms with van der Waals surface area (Å²) in [5.41, 5.74) is 4.41. The molecule has 0 radical (unpaired) electrons. The van der Waals surface area contributed by atoms with Crippen molar-refractivity contribution in [1.29, 1.82) is 0 Å². The topological polar surface area (TPSA) is 80.3 Å². The molecular weight excluding hydrogens is 332 g/mol. The molecule has 0 bridgehead atoms. The zero-order valence-electron chi connectivity index (χ0n) is 14.5.